The van der Waals surface area contributed by atoms with Crippen LogP contribution in [0.4, 0.5) is 0 Å². The van der Waals surface area contributed by atoms with E-state index in [-0.39, 0.29) is 0 Å². The van der Waals surface area contributed by atoms with Gasteiger partial charge in [-0.25, -0.2) is 0 Å². The fourth-order valence-electron chi connectivity index (χ4n) is 1.61. The number of benzene rings is 1. The molecule has 0 amide bonds. The van der Waals surface area contributed by atoms with Crippen LogP contribution in [0.2, 0.25) is 5.02 Å². The van der Waals surface area contributed by atoms with Crippen molar-refractivity contribution in [1.82, 2.24) is 0 Å². The molecule has 1 aromatic rings. The molecule has 0 spiro atoms. The van der Waals surface area contributed by atoms with Gasteiger partial charge in [-0.3, -0.25) is 0 Å². The summed E-state index contributed by atoms with van der Waals surface area (Å²) in [5, 5.41) is 0.849. The minimum Gasteiger partial charge on any atom is -0.0843 e. The minimum atomic E-state index is 0.849. The summed E-state index contributed by atoms with van der Waals surface area (Å²) in [4.78, 5) is 0. The number of fused-ring (bicyclic) bond motifs is 1. The zero-order valence-corrected chi connectivity index (χ0v) is 7.86. The van der Waals surface area contributed by atoms with Gasteiger partial charge in [0, 0.05) is 5.02 Å². The van der Waals surface area contributed by atoms with Crippen molar-refractivity contribution in [3.63, 3.8) is 0 Å². The summed E-state index contributed by atoms with van der Waals surface area (Å²) in [7, 11) is 0. The molecule has 62 valence electrons. The fraction of sp³-hybridized carbons (Fsp3) is 0.273. The summed E-state index contributed by atoms with van der Waals surface area (Å²) in [6.07, 6.45) is 4.41. The first kappa shape index (κ1) is 7.88. The van der Waals surface area contributed by atoms with E-state index in [2.05, 4.69) is 25.1 Å². The van der Waals surface area contributed by atoms with Gasteiger partial charge >= 0.3 is 0 Å². The van der Waals surface area contributed by atoms with Gasteiger partial charge in [-0.2, -0.15) is 0 Å². The molecule has 0 fully saturated rings. The predicted molar refractivity (Wildman–Crippen MR) is 52.6 cm³/mol. The average molecular weight is 179 g/mol. The highest BCUT2D eigenvalue weighted by Crippen LogP contribution is 2.23. The second kappa shape index (κ2) is 2.95. The van der Waals surface area contributed by atoms with E-state index in [0.717, 1.165) is 17.9 Å². The van der Waals surface area contributed by atoms with E-state index in [1.807, 2.05) is 6.07 Å². The molecular formula is C11H11Cl. The molecule has 0 N–H and O–H groups in total. The predicted octanol–water partition coefficient (Wildman–Crippen LogP) is 3.38. The third kappa shape index (κ3) is 1.39. The molecule has 0 aromatic heterocycles. The maximum absolute atomic E-state index is 5.89. The highest BCUT2D eigenvalue weighted by Gasteiger charge is 2.07. The van der Waals surface area contributed by atoms with E-state index in [0.29, 0.717) is 0 Å². The molecule has 1 aromatic carbocycles. The van der Waals surface area contributed by atoms with Crippen molar-refractivity contribution in [3.8, 4) is 0 Å². The third-order valence-corrected chi connectivity index (χ3v) is 2.54. The van der Waals surface area contributed by atoms with Gasteiger partial charge < -0.3 is 0 Å². The molecule has 0 heterocycles. The van der Waals surface area contributed by atoms with E-state index in [4.69, 9.17) is 11.6 Å². The normalized spacial score (nSPS) is 15.3. The average Bonchev–Trinajstić information content (AvgIpc) is 2.05. The molecule has 1 heteroatoms. The van der Waals surface area contributed by atoms with E-state index in [9.17, 15) is 0 Å². The Labute approximate surface area is 77.9 Å². The Morgan fingerprint density at radius 2 is 2.08 bits per heavy atom. The van der Waals surface area contributed by atoms with E-state index < -0.39 is 0 Å². The Bertz CT molecular complexity index is 337. The number of hydrogen-bond acceptors (Lipinski definition) is 0. The van der Waals surface area contributed by atoms with Gasteiger partial charge in [0.05, 0.1) is 0 Å². The topological polar surface area (TPSA) is 0 Å². The van der Waals surface area contributed by atoms with Crippen molar-refractivity contribution < 1.29 is 0 Å². The summed E-state index contributed by atoms with van der Waals surface area (Å²) in [5.41, 5.74) is 4.28. The Balaban J connectivity index is 2.43. The molecule has 2 rings (SSSR count). The van der Waals surface area contributed by atoms with Gasteiger partial charge in [-0.1, -0.05) is 29.3 Å². The molecule has 0 saturated heterocycles. The molecular weight excluding hydrogens is 168 g/mol. The van der Waals surface area contributed by atoms with Crippen LogP contribution < -0.4 is 0 Å². The molecule has 12 heavy (non-hydrogen) atoms. The molecule has 0 radical (unpaired) electrons. The van der Waals surface area contributed by atoms with Crippen molar-refractivity contribution in [2.24, 2.45) is 0 Å². The quantitative estimate of drug-likeness (QED) is 0.535. The third-order valence-electron chi connectivity index (χ3n) is 2.31. The lowest BCUT2D eigenvalue weighted by Crippen LogP contribution is -2.00. The van der Waals surface area contributed by atoms with Gasteiger partial charge in [0.2, 0.25) is 0 Å². The number of hydrogen-bond donors (Lipinski definition) is 0. The Kier molecular flexibility index (Phi) is 1.93. The Morgan fingerprint density at radius 3 is 2.92 bits per heavy atom. The summed E-state index contributed by atoms with van der Waals surface area (Å²) < 4.78 is 0. The minimum absolute atomic E-state index is 0.849. The van der Waals surface area contributed by atoms with Gasteiger partial charge in [0.1, 0.15) is 0 Å². The Hall–Kier alpha value is -0.750. The van der Waals surface area contributed by atoms with Crippen LogP contribution in [0.3, 0.4) is 0 Å². The smallest absolute Gasteiger partial charge is 0.0409 e. The SMILES string of the molecule is CC1=CCc2cc(Cl)ccc2C1. The lowest BCUT2D eigenvalue weighted by molar-refractivity contribution is 1.02. The first-order valence-electron chi connectivity index (χ1n) is 4.18. The maximum Gasteiger partial charge on any atom is 0.0409 e. The van der Waals surface area contributed by atoms with Crippen molar-refractivity contribution in [1.29, 1.82) is 0 Å². The summed E-state index contributed by atoms with van der Waals surface area (Å²) in [6, 6.07) is 6.17. The first-order valence-corrected chi connectivity index (χ1v) is 4.56. The number of halogens is 1. The molecule has 0 unspecified atom stereocenters. The fourth-order valence-corrected chi connectivity index (χ4v) is 1.81. The van der Waals surface area contributed by atoms with Crippen LogP contribution in [0, 0.1) is 0 Å². The summed E-state index contributed by atoms with van der Waals surface area (Å²) in [5.74, 6) is 0. The van der Waals surface area contributed by atoms with Gasteiger partial charge in [-0.05, 0) is 43.0 Å². The monoisotopic (exact) mass is 178 g/mol. The van der Waals surface area contributed by atoms with Gasteiger partial charge in [0.25, 0.3) is 0 Å². The Morgan fingerprint density at radius 1 is 1.25 bits per heavy atom. The molecule has 0 saturated carbocycles. The van der Waals surface area contributed by atoms with Crippen LogP contribution in [0.15, 0.2) is 29.8 Å². The zero-order chi connectivity index (χ0) is 8.55. The van der Waals surface area contributed by atoms with E-state index in [1.165, 1.54) is 16.7 Å². The van der Waals surface area contributed by atoms with E-state index in [1.54, 1.807) is 0 Å². The first-order chi connectivity index (χ1) is 5.75. The van der Waals surface area contributed by atoms with Gasteiger partial charge in [-0.15, -0.1) is 0 Å². The van der Waals surface area contributed by atoms with Crippen molar-refractivity contribution >= 4 is 11.6 Å². The van der Waals surface area contributed by atoms with Crippen LogP contribution in [-0.2, 0) is 12.8 Å². The summed E-state index contributed by atoms with van der Waals surface area (Å²) >= 11 is 5.89. The molecule has 1 aliphatic carbocycles. The number of rotatable bonds is 0. The highest BCUT2D eigenvalue weighted by atomic mass is 35.5. The molecule has 0 atom stereocenters. The second-order valence-electron chi connectivity index (χ2n) is 3.34. The van der Waals surface area contributed by atoms with Crippen molar-refractivity contribution in [3.05, 3.63) is 46.0 Å². The van der Waals surface area contributed by atoms with Crippen LogP contribution in [0.1, 0.15) is 18.1 Å². The maximum atomic E-state index is 5.89. The number of allylic oxidation sites excluding steroid dienone is 2. The van der Waals surface area contributed by atoms with Crippen LogP contribution in [-0.4, -0.2) is 0 Å². The molecule has 0 nitrogen and oxygen atoms in total. The standard InChI is InChI=1S/C11H11Cl/c1-8-2-3-10-7-11(12)5-4-9(10)6-8/h2,4-5,7H,3,6H2,1H3. The van der Waals surface area contributed by atoms with Crippen molar-refractivity contribution in [2.45, 2.75) is 19.8 Å². The second-order valence-corrected chi connectivity index (χ2v) is 3.78. The molecule has 0 aliphatic heterocycles. The molecule has 1 aliphatic rings. The van der Waals surface area contributed by atoms with Crippen LogP contribution in [0.5, 0.6) is 0 Å². The molecule has 0 bridgehead atoms. The lowest BCUT2D eigenvalue weighted by Gasteiger charge is -2.14. The highest BCUT2D eigenvalue weighted by molar-refractivity contribution is 6.30. The van der Waals surface area contributed by atoms with Crippen LogP contribution >= 0.6 is 11.6 Å². The largest absolute Gasteiger partial charge is 0.0843 e. The van der Waals surface area contributed by atoms with Crippen LogP contribution in [0.25, 0.3) is 0 Å². The van der Waals surface area contributed by atoms with E-state index >= 15 is 0 Å². The van der Waals surface area contributed by atoms with Gasteiger partial charge in [0.15, 0.2) is 0 Å². The van der Waals surface area contributed by atoms with Crippen molar-refractivity contribution in [2.75, 3.05) is 0 Å². The lowest BCUT2D eigenvalue weighted by atomic mass is 9.92. The summed E-state index contributed by atoms with van der Waals surface area (Å²) in [6.45, 7) is 2.18. The zero-order valence-electron chi connectivity index (χ0n) is 7.10.